The fourth-order valence-corrected chi connectivity index (χ4v) is 3.95. The molecule has 1 saturated heterocycles. The van der Waals surface area contributed by atoms with Crippen molar-refractivity contribution in [3.63, 3.8) is 0 Å². The molecule has 1 aliphatic heterocycles. The van der Waals surface area contributed by atoms with E-state index in [1.165, 1.54) is 11.1 Å². The van der Waals surface area contributed by atoms with E-state index in [4.69, 9.17) is 0 Å². The monoisotopic (exact) mass is 324 g/mol. The lowest BCUT2D eigenvalue weighted by Gasteiger charge is -2.38. The summed E-state index contributed by atoms with van der Waals surface area (Å²) >= 11 is 0. The second-order valence-electron chi connectivity index (χ2n) is 7.07. The van der Waals surface area contributed by atoms with Crippen LogP contribution in [0.4, 0.5) is 5.82 Å². The smallest absolute Gasteiger partial charge is 0.245 e. The molecular weight excluding hydrogens is 300 g/mol. The first-order valence-electron chi connectivity index (χ1n) is 8.74. The molecule has 1 aromatic carbocycles. The number of benzene rings is 1. The largest absolute Gasteiger partial charge is 0.303 e. The van der Waals surface area contributed by atoms with Gasteiger partial charge in [-0.3, -0.25) is 14.4 Å². The minimum absolute atomic E-state index is 0.0603. The molecule has 5 heteroatoms. The SMILES string of the molecule is Cc1ccccc1C1CC(NC2CCN(c3ccn(C)n3)C2=O)C1. The second-order valence-corrected chi connectivity index (χ2v) is 7.07. The average molecular weight is 324 g/mol. The van der Waals surface area contributed by atoms with E-state index in [-0.39, 0.29) is 11.9 Å². The zero-order valence-corrected chi connectivity index (χ0v) is 14.3. The summed E-state index contributed by atoms with van der Waals surface area (Å²) in [6, 6.07) is 10.9. The summed E-state index contributed by atoms with van der Waals surface area (Å²) < 4.78 is 1.74. The predicted molar refractivity (Wildman–Crippen MR) is 94.0 cm³/mol. The molecule has 2 fully saturated rings. The van der Waals surface area contributed by atoms with E-state index in [0.29, 0.717) is 12.0 Å². The van der Waals surface area contributed by atoms with E-state index in [9.17, 15) is 4.79 Å². The molecule has 24 heavy (non-hydrogen) atoms. The Labute approximate surface area is 142 Å². The quantitative estimate of drug-likeness (QED) is 0.939. The third-order valence-corrected chi connectivity index (χ3v) is 5.38. The average Bonchev–Trinajstić information content (AvgIpc) is 3.10. The third kappa shape index (κ3) is 2.73. The Balaban J connectivity index is 1.33. The Morgan fingerprint density at radius 2 is 2.00 bits per heavy atom. The van der Waals surface area contributed by atoms with Crippen LogP contribution in [0.1, 0.15) is 36.3 Å². The van der Waals surface area contributed by atoms with Gasteiger partial charge in [0.25, 0.3) is 0 Å². The van der Waals surface area contributed by atoms with E-state index in [1.807, 2.05) is 19.3 Å². The van der Waals surface area contributed by atoms with Crippen LogP contribution in [-0.4, -0.2) is 34.3 Å². The Kier molecular flexibility index (Phi) is 3.88. The Bertz CT molecular complexity index is 747. The van der Waals surface area contributed by atoms with Gasteiger partial charge in [0.15, 0.2) is 5.82 Å². The number of carbonyl (C=O) groups is 1. The zero-order valence-electron chi connectivity index (χ0n) is 14.3. The van der Waals surface area contributed by atoms with Gasteiger partial charge in [0.05, 0.1) is 6.04 Å². The molecule has 0 radical (unpaired) electrons. The van der Waals surface area contributed by atoms with E-state index in [2.05, 4.69) is 41.6 Å². The van der Waals surface area contributed by atoms with Gasteiger partial charge in [-0.25, -0.2) is 0 Å². The molecule has 1 N–H and O–H groups in total. The van der Waals surface area contributed by atoms with Gasteiger partial charge in [-0.05, 0) is 43.2 Å². The normalized spacial score (nSPS) is 26.7. The number of carbonyl (C=O) groups excluding carboxylic acids is 1. The molecular formula is C19H24N4O. The first-order chi connectivity index (χ1) is 11.6. The highest BCUT2D eigenvalue weighted by molar-refractivity contribution is 5.98. The van der Waals surface area contributed by atoms with Crippen LogP contribution in [0.5, 0.6) is 0 Å². The molecule has 2 heterocycles. The van der Waals surface area contributed by atoms with Gasteiger partial charge in [0.1, 0.15) is 0 Å². The van der Waals surface area contributed by atoms with Gasteiger partial charge in [0, 0.05) is 31.9 Å². The molecule has 1 amide bonds. The van der Waals surface area contributed by atoms with Crippen LogP contribution in [0.3, 0.4) is 0 Å². The second kappa shape index (κ2) is 6.06. The van der Waals surface area contributed by atoms with Crippen molar-refractivity contribution in [1.29, 1.82) is 0 Å². The van der Waals surface area contributed by atoms with Crippen molar-refractivity contribution in [2.75, 3.05) is 11.4 Å². The molecule has 1 aromatic heterocycles. The highest BCUT2D eigenvalue weighted by Crippen LogP contribution is 2.38. The van der Waals surface area contributed by atoms with E-state index < -0.39 is 0 Å². The number of anilines is 1. The summed E-state index contributed by atoms with van der Waals surface area (Å²) in [6.07, 6.45) is 4.99. The molecule has 1 atom stereocenters. The van der Waals surface area contributed by atoms with E-state index in [0.717, 1.165) is 31.6 Å². The third-order valence-electron chi connectivity index (χ3n) is 5.38. The maximum Gasteiger partial charge on any atom is 0.245 e. The number of aromatic nitrogens is 2. The first-order valence-corrected chi connectivity index (χ1v) is 8.74. The van der Waals surface area contributed by atoms with Crippen molar-refractivity contribution in [3.8, 4) is 0 Å². The maximum absolute atomic E-state index is 12.6. The first kappa shape index (κ1) is 15.4. The number of hydrogen-bond donors (Lipinski definition) is 1. The van der Waals surface area contributed by atoms with Crippen molar-refractivity contribution in [2.24, 2.45) is 7.05 Å². The van der Waals surface area contributed by atoms with Gasteiger partial charge < -0.3 is 5.32 Å². The minimum atomic E-state index is -0.0603. The van der Waals surface area contributed by atoms with Crippen molar-refractivity contribution < 1.29 is 4.79 Å². The van der Waals surface area contributed by atoms with Gasteiger partial charge in [0.2, 0.25) is 5.91 Å². The zero-order chi connectivity index (χ0) is 16.7. The van der Waals surface area contributed by atoms with Crippen molar-refractivity contribution >= 4 is 11.7 Å². The van der Waals surface area contributed by atoms with Crippen LogP contribution in [-0.2, 0) is 11.8 Å². The van der Waals surface area contributed by atoms with Crippen LogP contribution >= 0.6 is 0 Å². The summed E-state index contributed by atoms with van der Waals surface area (Å²) in [6.45, 7) is 2.93. The van der Waals surface area contributed by atoms with Crippen LogP contribution in [0.2, 0.25) is 0 Å². The van der Waals surface area contributed by atoms with Crippen LogP contribution < -0.4 is 10.2 Å². The summed E-state index contributed by atoms with van der Waals surface area (Å²) in [7, 11) is 1.87. The fourth-order valence-electron chi connectivity index (χ4n) is 3.95. The van der Waals surface area contributed by atoms with Crippen molar-refractivity contribution in [1.82, 2.24) is 15.1 Å². The molecule has 1 aliphatic carbocycles. The lowest BCUT2D eigenvalue weighted by Crippen LogP contribution is -2.48. The molecule has 0 bridgehead atoms. The number of rotatable bonds is 4. The molecule has 5 nitrogen and oxygen atoms in total. The van der Waals surface area contributed by atoms with Gasteiger partial charge in [-0.2, -0.15) is 5.10 Å². The molecule has 1 unspecified atom stereocenters. The predicted octanol–water partition coefficient (Wildman–Crippen LogP) is 2.37. The summed E-state index contributed by atoms with van der Waals surface area (Å²) in [4.78, 5) is 14.4. The number of nitrogens with zero attached hydrogens (tertiary/aromatic N) is 3. The lowest BCUT2D eigenvalue weighted by atomic mass is 9.74. The number of nitrogens with one attached hydrogen (secondary N) is 1. The van der Waals surface area contributed by atoms with Crippen LogP contribution in [0, 0.1) is 6.92 Å². The standard InChI is InChI=1S/C19H24N4O/c1-13-5-3-4-6-16(13)14-11-15(12-14)20-17-7-10-23(19(17)24)18-8-9-22(2)21-18/h3-6,8-9,14-15,17,20H,7,10-12H2,1-2H3. The van der Waals surface area contributed by atoms with Gasteiger partial charge >= 0.3 is 0 Å². The summed E-state index contributed by atoms with van der Waals surface area (Å²) in [5.74, 6) is 1.55. The summed E-state index contributed by atoms with van der Waals surface area (Å²) in [5.41, 5.74) is 2.84. The summed E-state index contributed by atoms with van der Waals surface area (Å²) in [5, 5.41) is 7.91. The molecule has 1 saturated carbocycles. The topological polar surface area (TPSA) is 50.2 Å². The fraction of sp³-hybridized carbons (Fsp3) is 0.474. The van der Waals surface area contributed by atoms with Crippen molar-refractivity contribution in [2.45, 2.75) is 44.2 Å². The van der Waals surface area contributed by atoms with Crippen molar-refractivity contribution in [3.05, 3.63) is 47.7 Å². The Morgan fingerprint density at radius 1 is 1.21 bits per heavy atom. The molecule has 2 aliphatic rings. The molecule has 4 rings (SSSR count). The Morgan fingerprint density at radius 3 is 2.71 bits per heavy atom. The lowest BCUT2D eigenvalue weighted by molar-refractivity contribution is -0.119. The van der Waals surface area contributed by atoms with Crippen LogP contribution in [0.15, 0.2) is 36.5 Å². The number of hydrogen-bond acceptors (Lipinski definition) is 3. The van der Waals surface area contributed by atoms with E-state index >= 15 is 0 Å². The molecule has 126 valence electrons. The Hall–Kier alpha value is -2.14. The number of amides is 1. The van der Waals surface area contributed by atoms with E-state index in [1.54, 1.807) is 9.58 Å². The van der Waals surface area contributed by atoms with Crippen LogP contribution in [0.25, 0.3) is 0 Å². The molecule has 0 spiro atoms. The maximum atomic E-state index is 12.6. The molecule has 2 aromatic rings. The highest BCUT2D eigenvalue weighted by atomic mass is 16.2. The minimum Gasteiger partial charge on any atom is -0.303 e. The van der Waals surface area contributed by atoms with Gasteiger partial charge in [-0.15, -0.1) is 0 Å². The highest BCUT2D eigenvalue weighted by Gasteiger charge is 2.38. The van der Waals surface area contributed by atoms with Gasteiger partial charge in [-0.1, -0.05) is 24.3 Å². The number of aryl methyl sites for hydroxylation is 2.